The van der Waals surface area contributed by atoms with Gasteiger partial charge in [-0.05, 0) is 19.8 Å². The second-order valence-electron chi connectivity index (χ2n) is 4.53. The summed E-state index contributed by atoms with van der Waals surface area (Å²) in [6.07, 6.45) is 4.16. The molecule has 5 nitrogen and oxygen atoms in total. The van der Waals surface area contributed by atoms with Crippen LogP contribution >= 0.6 is 11.3 Å². The standard InChI is InChI=1S/C12H18N2O3S/c1-2-17-12(5-3-4-6-12)11-14-8(7-18-11)9(13)10(15)16/h7,9H,2-6,13H2,1H3,(H,15,16). The fraction of sp³-hybridized carbons (Fsp3) is 0.667. The molecule has 0 aliphatic heterocycles. The van der Waals surface area contributed by atoms with Crippen LogP contribution in [0.2, 0.25) is 0 Å². The Balaban J connectivity index is 2.24. The molecule has 1 aromatic rings. The maximum Gasteiger partial charge on any atom is 0.326 e. The molecule has 100 valence electrons. The molecular formula is C12H18N2O3S. The Hall–Kier alpha value is -0.980. The Morgan fingerprint density at radius 2 is 2.33 bits per heavy atom. The molecule has 0 amide bonds. The van der Waals surface area contributed by atoms with Crippen LogP contribution in [-0.2, 0) is 15.1 Å². The summed E-state index contributed by atoms with van der Waals surface area (Å²) in [5, 5.41) is 11.5. The first kappa shape index (κ1) is 13.5. The highest BCUT2D eigenvalue weighted by Gasteiger charge is 2.39. The summed E-state index contributed by atoms with van der Waals surface area (Å²) < 4.78 is 5.89. The van der Waals surface area contributed by atoms with E-state index in [1.54, 1.807) is 5.38 Å². The SMILES string of the molecule is CCOC1(c2nc(C(N)C(=O)O)cs2)CCCC1. The molecule has 1 unspecified atom stereocenters. The molecule has 18 heavy (non-hydrogen) atoms. The van der Waals surface area contributed by atoms with E-state index in [2.05, 4.69) is 4.98 Å². The van der Waals surface area contributed by atoms with Crippen molar-refractivity contribution in [1.82, 2.24) is 4.98 Å². The van der Waals surface area contributed by atoms with Crippen LogP contribution in [0.3, 0.4) is 0 Å². The molecule has 0 bridgehead atoms. The number of hydrogen-bond donors (Lipinski definition) is 2. The highest BCUT2D eigenvalue weighted by molar-refractivity contribution is 7.09. The lowest BCUT2D eigenvalue weighted by Gasteiger charge is -2.26. The molecular weight excluding hydrogens is 252 g/mol. The Labute approximate surface area is 110 Å². The maximum absolute atomic E-state index is 10.8. The van der Waals surface area contributed by atoms with Gasteiger partial charge in [-0.15, -0.1) is 11.3 Å². The number of carboxylic acids is 1. The van der Waals surface area contributed by atoms with Crippen LogP contribution in [-0.4, -0.2) is 22.7 Å². The molecule has 1 saturated carbocycles. The average molecular weight is 270 g/mol. The van der Waals surface area contributed by atoms with Gasteiger partial charge in [-0.25, -0.2) is 4.98 Å². The second-order valence-corrected chi connectivity index (χ2v) is 5.39. The topological polar surface area (TPSA) is 85.4 Å². The summed E-state index contributed by atoms with van der Waals surface area (Å²) in [4.78, 5) is 15.2. The molecule has 3 N–H and O–H groups in total. The minimum atomic E-state index is -1.05. The van der Waals surface area contributed by atoms with Gasteiger partial charge in [-0.1, -0.05) is 12.8 Å². The zero-order valence-corrected chi connectivity index (χ0v) is 11.2. The fourth-order valence-electron chi connectivity index (χ4n) is 2.41. The van der Waals surface area contributed by atoms with Crippen LogP contribution in [0.15, 0.2) is 5.38 Å². The Morgan fingerprint density at radius 1 is 1.67 bits per heavy atom. The predicted octanol–water partition coefficient (Wildman–Crippen LogP) is 2.03. The van der Waals surface area contributed by atoms with Gasteiger partial charge in [0.05, 0.1) is 5.69 Å². The minimum Gasteiger partial charge on any atom is -0.480 e. The van der Waals surface area contributed by atoms with Gasteiger partial charge in [0.15, 0.2) is 0 Å². The van der Waals surface area contributed by atoms with Gasteiger partial charge in [-0.2, -0.15) is 0 Å². The molecule has 2 rings (SSSR count). The molecule has 1 aliphatic rings. The number of aliphatic carboxylic acids is 1. The minimum absolute atomic E-state index is 0.310. The largest absolute Gasteiger partial charge is 0.480 e. The summed E-state index contributed by atoms with van der Waals surface area (Å²) in [6, 6.07) is -1.05. The number of aromatic nitrogens is 1. The Bertz CT molecular complexity index is 427. The molecule has 0 aromatic carbocycles. The monoisotopic (exact) mass is 270 g/mol. The number of carboxylic acid groups (broad SMARTS) is 1. The zero-order valence-electron chi connectivity index (χ0n) is 10.4. The van der Waals surface area contributed by atoms with Gasteiger partial charge in [0.25, 0.3) is 0 Å². The van der Waals surface area contributed by atoms with E-state index in [1.165, 1.54) is 11.3 Å². The van der Waals surface area contributed by atoms with Crippen molar-refractivity contribution in [3.8, 4) is 0 Å². The van der Waals surface area contributed by atoms with Gasteiger partial charge >= 0.3 is 5.97 Å². The molecule has 1 aliphatic carbocycles. The molecule has 0 spiro atoms. The van der Waals surface area contributed by atoms with Crippen LogP contribution in [0.1, 0.15) is 49.4 Å². The third-order valence-electron chi connectivity index (χ3n) is 3.33. The molecule has 1 fully saturated rings. The van der Waals surface area contributed by atoms with Crippen molar-refractivity contribution in [2.24, 2.45) is 5.73 Å². The van der Waals surface area contributed by atoms with Crippen LogP contribution in [0.25, 0.3) is 0 Å². The predicted molar refractivity (Wildman–Crippen MR) is 68.5 cm³/mol. The van der Waals surface area contributed by atoms with E-state index in [0.717, 1.165) is 30.7 Å². The van der Waals surface area contributed by atoms with E-state index in [1.807, 2.05) is 6.92 Å². The lowest BCUT2D eigenvalue weighted by molar-refractivity contribution is -0.138. The van der Waals surface area contributed by atoms with Gasteiger partial charge in [0.2, 0.25) is 0 Å². The maximum atomic E-state index is 10.8. The molecule has 0 saturated heterocycles. The third-order valence-corrected chi connectivity index (χ3v) is 4.37. The van der Waals surface area contributed by atoms with E-state index in [-0.39, 0.29) is 5.60 Å². The van der Waals surface area contributed by atoms with E-state index in [9.17, 15) is 4.79 Å². The molecule has 1 atom stereocenters. The Morgan fingerprint density at radius 3 is 2.89 bits per heavy atom. The number of nitrogens with two attached hydrogens (primary N) is 1. The third kappa shape index (κ3) is 2.41. The zero-order chi connectivity index (χ0) is 13.2. The van der Waals surface area contributed by atoms with Crippen molar-refractivity contribution >= 4 is 17.3 Å². The first-order valence-corrected chi connectivity index (χ1v) is 7.05. The lowest BCUT2D eigenvalue weighted by Crippen LogP contribution is -2.27. The van der Waals surface area contributed by atoms with E-state index < -0.39 is 12.0 Å². The van der Waals surface area contributed by atoms with Crippen LogP contribution in [0.5, 0.6) is 0 Å². The summed E-state index contributed by atoms with van der Waals surface area (Å²) in [6.45, 7) is 2.61. The summed E-state index contributed by atoms with van der Waals surface area (Å²) in [5.41, 5.74) is 5.69. The quantitative estimate of drug-likeness (QED) is 0.855. The van der Waals surface area contributed by atoms with Gasteiger partial charge in [0, 0.05) is 12.0 Å². The smallest absolute Gasteiger partial charge is 0.326 e. The summed E-state index contributed by atoms with van der Waals surface area (Å²) >= 11 is 1.45. The summed E-state index contributed by atoms with van der Waals surface area (Å²) in [5.74, 6) is -1.05. The number of rotatable bonds is 5. The second kappa shape index (κ2) is 5.34. The number of ether oxygens (including phenoxy) is 1. The molecule has 0 radical (unpaired) electrons. The van der Waals surface area contributed by atoms with Crippen molar-refractivity contribution in [2.45, 2.75) is 44.2 Å². The number of hydrogen-bond acceptors (Lipinski definition) is 5. The van der Waals surface area contributed by atoms with Gasteiger partial charge in [0.1, 0.15) is 16.7 Å². The summed E-state index contributed by atoms with van der Waals surface area (Å²) in [7, 11) is 0. The van der Waals surface area contributed by atoms with Gasteiger partial charge < -0.3 is 15.6 Å². The Kier molecular flexibility index (Phi) is 3.99. The first-order valence-electron chi connectivity index (χ1n) is 6.17. The van der Waals surface area contributed by atoms with E-state index in [0.29, 0.717) is 12.3 Å². The number of carbonyl (C=O) groups is 1. The molecule has 6 heteroatoms. The molecule has 1 aromatic heterocycles. The van der Waals surface area contributed by atoms with Crippen LogP contribution < -0.4 is 5.73 Å². The van der Waals surface area contributed by atoms with E-state index >= 15 is 0 Å². The van der Waals surface area contributed by atoms with Crippen molar-refractivity contribution < 1.29 is 14.6 Å². The van der Waals surface area contributed by atoms with E-state index in [4.69, 9.17) is 15.6 Å². The molecule has 1 heterocycles. The van der Waals surface area contributed by atoms with Crippen molar-refractivity contribution in [2.75, 3.05) is 6.61 Å². The highest BCUT2D eigenvalue weighted by Crippen LogP contribution is 2.43. The highest BCUT2D eigenvalue weighted by atomic mass is 32.1. The average Bonchev–Trinajstić information content (AvgIpc) is 2.96. The van der Waals surface area contributed by atoms with Crippen LogP contribution in [0, 0.1) is 0 Å². The number of nitrogens with zero attached hydrogens (tertiary/aromatic N) is 1. The first-order chi connectivity index (χ1) is 8.59. The van der Waals surface area contributed by atoms with Gasteiger partial charge in [-0.3, -0.25) is 4.79 Å². The van der Waals surface area contributed by atoms with Crippen molar-refractivity contribution in [1.29, 1.82) is 0 Å². The van der Waals surface area contributed by atoms with Crippen molar-refractivity contribution in [3.63, 3.8) is 0 Å². The normalized spacial score (nSPS) is 19.9. The van der Waals surface area contributed by atoms with Crippen molar-refractivity contribution in [3.05, 3.63) is 16.1 Å². The lowest BCUT2D eigenvalue weighted by atomic mass is 10.0. The fourth-order valence-corrected chi connectivity index (χ4v) is 3.47. The van der Waals surface area contributed by atoms with Crippen LogP contribution in [0.4, 0.5) is 0 Å². The number of thiazole rings is 1.